The van der Waals surface area contributed by atoms with E-state index in [-0.39, 0.29) is 34.9 Å². The Balaban J connectivity index is 0.00000264. The fourth-order valence-corrected chi connectivity index (χ4v) is 4.39. The average Bonchev–Trinajstić information content (AvgIpc) is 2.43. The van der Waals surface area contributed by atoms with Crippen LogP contribution < -0.4 is 10.0 Å². The van der Waals surface area contributed by atoms with Crippen LogP contribution in [0.1, 0.15) is 18.9 Å². The van der Waals surface area contributed by atoms with E-state index in [0.717, 1.165) is 19.0 Å². The molecule has 0 saturated carbocycles. The van der Waals surface area contributed by atoms with Crippen molar-refractivity contribution in [1.82, 2.24) is 10.0 Å². The van der Waals surface area contributed by atoms with E-state index in [0.29, 0.717) is 16.6 Å². The van der Waals surface area contributed by atoms with E-state index in [1.807, 2.05) is 6.92 Å². The van der Waals surface area contributed by atoms with Crippen LogP contribution in [0.3, 0.4) is 0 Å². The molecule has 1 heterocycles. The molecule has 1 fully saturated rings. The molecule has 0 radical (unpaired) electrons. The Bertz CT molecular complexity index is 699. The van der Waals surface area contributed by atoms with Gasteiger partial charge in [-0.15, -0.1) is 12.4 Å². The number of nitro benzene ring substituents is 1. The second-order valence-electron chi connectivity index (χ2n) is 5.50. The van der Waals surface area contributed by atoms with E-state index in [4.69, 9.17) is 0 Å². The van der Waals surface area contributed by atoms with Crippen molar-refractivity contribution in [2.24, 2.45) is 5.92 Å². The molecule has 1 aliphatic heterocycles. The highest BCUT2D eigenvalue weighted by atomic mass is 79.9. The van der Waals surface area contributed by atoms with E-state index in [2.05, 4.69) is 26.0 Å². The van der Waals surface area contributed by atoms with Crippen molar-refractivity contribution in [3.8, 4) is 0 Å². The summed E-state index contributed by atoms with van der Waals surface area (Å²) in [6, 6.07) is 2.27. The normalized spacial score (nSPS) is 21.5. The van der Waals surface area contributed by atoms with Crippen molar-refractivity contribution in [3.05, 3.63) is 32.3 Å². The Labute approximate surface area is 150 Å². The smallest absolute Gasteiger partial charge is 0.274 e. The summed E-state index contributed by atoms with van der Waals surface area (Å²) in [5.74, 6) is 0.208. The molecule has 7 nitrogen and oxygen atoms in total. The first-order chi connectivity index (χ1) is 10.2. The molecule has 1 aromatic rings. The molecule has 2 rings (SSSR count). The van der Waals surface area contributed by atoms with Crippen molar-refractivity contribution in [2.75, 3.05) is 13.1 Å². The number of benzene rings is 1. The van der Waals surface area contributed by atoms with E-state index in [1.165, 1.54) is 6.07 Å². The Morgan fingerprint density at radius 2 is 2.09 bits per heavy atom. The number of sulfonamides is 1. The fraction of sp³-hybridized carbons (Fsp3) is 0.538. The maximum absolute atomic E-state index is 12.5. The molecule has 1 saturated heterocycles. The molecule has 0 aliphatic carbocycles. The standard InChI is InChI=1S/C13H18BrN3O4S.ClH/c1-8-3-4-15-7-12(8)16-22(20,21)10-5-11(14)9(2)13(6-10)17(18)19;/h5-6,8,12,15-16H,3-4,7H2,1-2H3;1H. The van der Waals surface area contributed by atoms with Gasteiger partial charge in [0.15, 0.2) is 0 Å². The van der Waals surface area contributed by atoms with Crippen LogP contribution in [0.2, 0.25) is 0 Å². The summed E-state index contributed by atoms with van der Waals surface area (Å²) in [4.78, 5) is 10.4. The number of hydrogen-bond acceptors (Lipinski definition) is 5. The lowest BCUT2D eigenvalue weighted by Gasteiger charge is -2.30. The molecule has 1 aromatic carbocycles. The van der Waals surface area contributed by atoms with Gasteiger partial charge in [0.25, 0.3) is 5.69 Å². The van der Waals surface area contributed by atoms with E-state index < -0.39 is 14.9 Å². The van der Waals surface area contributed by atoms with Gasteiger partial charge in [-0.05, 0) is 31.9 Å². The van der Waals surface area contributed by atoms with Gasteiger partial charge in [-0.3, -0.25) is 10.1 Å². The molecule has 0 spiro atoms. The van der Waals surface area contributed by atoms with Crippen LogP contribution >= 0.6 is 28.3 Å². The van der Waals surface area contributed by atoms with E-state index in [1.54, 1.807) is 6.92 Å². The second kappa shape index (κ2) is 7.89. The quantitative estimate of drug-likeness (QED) is 0.566. The summed E-state index contributed by atoms with van der Waals surface area (Å²) >= 11 is 3.19. The van der Waals surface area contributed by atoms with E-state index >= 15 is 0 Å². The minimum atomic E-state index is -3.81. The molecule has 2 atom stereocenters. The third-order valence-electron chi connectivity index (χ3n) is 3.93. The van der Waals surface area contributed by atoms with Gasteiger partial charge in [0, 0.05) is 28.7 Å². The number of piperidine rings is 1. The first-order valence-corrected chi connectivity index (χ1v) is 9.17. The Hall–Kier alpha value is -0.740. The number of nitro groups is 1. The lowest BCUT2D eigenvalue weighted by molar-refractivity contribution is -0.385. The number of halogens is 2. The Morgan fingerprint density at radius 1 is 1.43 bits per heavy atom. The second-order valence-corrected chi connectivity index (χ2v) is 8.07. The maximum Gasteiger partial charge on any atom is 0.274 e. The molecule has 10 heteroatoms. The first-order valence-electron chi connectivity index (χ1n) is 6.90. The zero-order valence-electron chi connectivity index (χ0n) is 12.7. The lowest BCUT2D eigenvalue weighted by Crippen LogP contribution is -2.50. The summed E-state index contributed by atoms with van der Waals surface area (Å²) in [5.41, 5.74) is 0.182. The summed E-state index contributed by atoms with van der Waals surface area (Å²) in [6.45, 7) is 4.97. The van der Waals surface area contributed by atoms with Crippen molar-refractivity contribution < 1.29 is 13.3 Å². The molecule has 130 valence electrons. The van der Waals surface area contributed by atoms with Crippen LogP contribution in [-0.4, -0.2) is 32.5 Å². The first kappa shape index (κ1) is 20.3. The third-order valence-corrected chi connectivity index (χ3v) is 6.22. The van der Waals surface area contributed by atoms with Gasteiger partial charge in [0.2, 0.25) is 10.0 Å². The predicted molar refractivity (Wildman–Crippen MR) is 93.5 cm³/mol. The van der Waals surface area contributed by atoms with Crippen LogP contribution in [0.5, 0.6) is 0 Å². The van der Waals surface area contributed by atoms with E-state index in [9.17, 15) is 18.5 Å². The number of rotatable bonds is 4. The van der Waals surface area contributed by atoms with Crippen LogP contribution in [0.4, 0.5) is 5.69 Å². The van der Waals surface area contributed by atoms with Crippen LogP contribution in [0.25, 0.3) is 0 Å². The average molecular weight is 429 g/mol. The fourth-order valence-electron chi connectivity index (χ4n) is 2.40. The van der Waals surface area contributed by atoms with Crippen molar-refractivity contribution in [2.45, 2.75) is 31.2 Å². The summed E-state index contributed by atoms with van der Waals surface area (Å²) in [5, 5.41) is 14.2. The van der Waals surface area contributed by atoms with Gasteiger partial charge in [-0.25, -0.2) is 13.1 Å². The molecule has 1 aliphatic rings. The Kier molecular flexibility index (Phi) is 6.96. The van der Waals surface area contributed by atoms with Gasteiger partial charge >= 0.3 is 0 Å². The van der Waals surface area contributed by atoms with Gasteiger partial charge < -0.3 is 5.32 Å². The molecule has 23 heavy (non-hydrogen) atoms. The Morgan fingerprint density at radius 3 is 2.65 bits per heavy atom. The van der Waals surface area contributed by atoms with Crippen LogP contribution in [-0.2, 0) is 10.0 Å². The van der Waals surface area contributed by atoms with Gasteiger partial charge in [0.05, 0.1) is 9.82 Å². The van der Waals surface area contributed by atoms with Crippen LogP contribution in [0, 0.1) is 23.0 Å². The number of nitrogens with zero attached hydrogens (tertiary/aromatic N) is 1. The SMILES string of the molecule is Cc1c(Br)cc(S(=O)(=O)NC2CNCCC2C)cc1[N+](=O)[O-].Cl. The molecular weight excluding hydrogens is 410 g/mol. The minimum absolute atomic E-state index is 0. The highest BCUT2D eigenvalue weighted by Crippen LogP contribution is 2.30. The van der Waals surface area contributed by atoms with Crippen molar-refractivity contribution >= 4 is 44.0 Å². The topological polar surface area (TPSA) is 101 Å². The van der Waals surface area contributed by atoms with Crippen LogP contribution in [0.15, 0.2) is 21.5 Å². The highest BCUT2D eigenvalue weighted by molar-refractivity contribution is 9.10. The zero-order valence-corrected chi connectivity index (χ0v) is 15.9. The summed E-state index contributed by atoms with van der Waals surface area (Å²) in [7, 11) is -3.81. The monoisotopic (exact) mass is 427 g/mol. The molecular formula is C13H19BrClN3O4S. The number of hydrogen-bond donors (Lipinski definition) is 2. The molecule has 0 amide bonds. The zero-order chi connectivity index (χ0) is 16.5. The summed E-state index contributed by atoms with van der Waals surface area (Å²) in [6.07, 6.45) is 0.880. The maximum atomic E-state index is 12.5. The van der Waals surface area contributed by atoms with Crippen molar-refractivity contribution in [3.63, 3.8) is 0 Å². The highest BCUT2D eigenvalue weighted by Gasteiger charge is 2.28. The van der Waals surface area contributed by atoms with Gasteiger partial charge in [-0.1, -0.05) is 22.9 Å². The minimum Gasteiger partial charge on any atom is -0.315 e. The largest absolute Gasteiger partial charge is 0.315 e. The molecule has 0 aromatic heterocycles. The number of nitrogens with one attached hydrogen (secondary N) is 2. The lowest BCUT2D eigenvalue weighted by atomic mass is 9.96. The molecule has 2 unspecified atom stereocenters. The van der Waals surface area contributed by atoms with Crippen molar-refractivity contribution in [1.29, 1.82) is 0 Å². The predicted octanol–water partition coefficient (Wildman–Crippen LogP) is 2.36. The summed E-state index contributed by atoms with van der Waals surface area (Å²) < 4.78 is 28.0. The van der Waals surface area contributed by atoms with Gasteiger partial charge in [0.1, 0.15) is 0 Å². The molecule has 0 bridgehead atoms. The third kappa shape index (κ3) is 4.63. The van der Waals surface area contributed by atoms with Gasteiger partial charge in [-0.2, -0.15) is 0 Å². The molecule has 2 N–H and O–H groups in total.